The van der Waals surface area contributed by atoms with Crippen molar-refractivity contribution in [1.82, 2.24) is 15.0 Å². The molecule has 18 heavy (non-hydrogen) atoms. The second kappa shape index (κ2) is 5.96. The predicted molar refractivity (Wildman–Crippen MR) is 67.0 cm³/mol. The Balaban J connectivity index is 2.27. The van der Waals surface area contributed by atoms with E-state index in [1.54, 1.807) is 0 Å². The molecule has 1 aromatic rings. The Morgan fingerprint density at radius 3 is 2.78 bits per heavy atom. The maximum atomic E-state index is 8.88. The van der Waals surface area contributed by atoms with Gasteiger partial charge in [0, 0.05) is 25.7 Å². The Bertz CT molecular complexity index is 427. The van der Waals surface area contributed by atoms with Gasteiger partial charge >= 0.3 is 0 Å². The average molecular weight is 248 g/mol. The number of hydrogen-bond donors (Lipinski definition) is 0. The minimum atomic E-state index is 0.352. The molecule has 1 aromatic heterocycles. The van der Waals surface area contributed by atoms with E-state index in [2.05, 4.69) is 30.2 Å². The van der Waals surface area contributed by atoms with Crippen molar-refractivity contribution in [3.63, 3.8) is 0 Å². The van der Waals surface area contributed by atoms with Gasteiger partial charge in [0.2, 0.25) is 0 Å². The minimum absolute atomic E-state index is 0.352. The summed E-state index contributed by atoms with van der Waals surface area (Å²) in [5, 5.41) is 17.3. The lowest BCUT2D eigenvalue weighted by Crippen LogP contribution is -2.20. The third-order valence-electron chi connectivity index (χ3n) is 3.24. The first-order valence-electron chi connectivity index (χ1n) is 6.59. The normalized spacial score (nSPS) is 17.0. The van der Waals surface area contributed by atoms with Gasteiger partial charge in [-0.25, -0.2) is 4.68 Å². The maximum Gasteiger partial charge on any atom is 0.100 e. The van der Waals surface area contributed by atoms with Crippen LogP contribution in [0.2, 0.25) is 0 Å². The molecule has 0 saturated carbocycles. The lowest BCUT2D eigenvalue weighted by molar-refractivity contribution is 0.0831. The van der Waals surface area contributed by atoms with Gasteiger partial charge < -0.3 is 4.74 Å². The Morgan fingerprint density at radius 1 is 1.44 bits per heavy atom. The highest BCUT2D eigenvalue weighted by molar-refractivity contribution is 5.19. The van der Waals surface area contributed by atoms with E-state index < -0.39 is 0 Å². The fourth-order valence-corrected chi connectivity index (χ4v) is 2.46. The van der Waals surface area contributed by atoms with E-state index in [9.17, 15) is 0 Å². The standard InChI is InChI=1S/C13H20N4O/c1-10(2)9-17-13(11-4-7-18-8-5-11)12(3-6-14)15-16-17/h10-11H,3-5,7-9H2,1-2H3. The molecule has 1 fully saturated rings. The summed E-state index contributed by atoms with van der Waals surface area (Å²) in [7, 11) is 0. The van der Waals surface area contributed by atoms with Crippen LogP contribution in [0.5, 0.6) is 0 Å². The molecule has 2 rings (SSSR count). The number of nitriles is 1. The zero-order valence-corrected chi connectivity index (χ0v) is 11.1. The van der Waals surface area contributed by atoms with E-state index in [0.717, 1.165) is 44.0 Å². The fourth-order valence-electron chi connectivity index (χ4n) is 2.46. The fraction of sp³-hybridized carbons (Fsp3) is 0.769. The number of ether oxygens (including phenoxy) is 1. The summed E-state index contributed by atoms with van der Waals surface area (Å²) >= 11 is 0. The van der Waals surface area contributed by atoms with Crippen molar-refractivity contribution in [2.24, 2.45) is 5.92 Å². The van der Waals surface area contributed by atoms with Gasteiger partial charge in [-0.3, -0.25) is 0 Å². The average Bonchev–Trinajstić information content (AvgIpc) is 2.73. The first-order valence-corrected chi connectivity index (χ1v) is 6.59. The Labute approximate surface area is 108 Å². The molecule has 1 aliphatic rings. The summed E-state index contributed by atoms with van der Waals surface area (Å²) in [5.41, 5.74) is 2.01. The van der Waals surface area contributed by atoms with Crippen molar-refractivity contribution in [1.29, 1.82) is 5.26 Å². The van der Waals surface area contributed by atoms with Crippen LogP contribution in [-0.2, 0) is 17.7 Å². The monoisotopic (exact) mass is 248 g/mol. The van der Waals surface area contributed by atoms with Crippen LogP contribution in [0.1, 0.15) is 44.0 Å². The molecule has 0 aromatic carbocycles. The summed E-state index contributed by atoms with van der Waals surface area (Å²) in [6, 6.07) is 2.18. The predicted octanol–water partition coefficient (Wildman–Crippen LogP) is 1.89. The molecule has 0 spiro atoms. The van der Waals surface area contributed by atoms with Gasteiger partial charge in [0.05, 0.1) is 18.2 Å². The van der Waals surface area contributed by atoms with Crippen molar-refractivity contribution in [3.05, 3.63) is 11.4 Å². The highest BCUT2D eigenvalue weighted by Crippen LogP contribution is 2.29. The summed E-state index contributed by atoms with van der Waals surface area (Å²) in [6.07, 6.45) is 2.36. The van der Waals surface area contributed by atoms with E-state index >= 15 is 0 Å². The van der Waals surface area contributed by atoms with Crippen LogP contribution in [0.15, 0.2) is 0 Å². The summed E-state index contributed by atoms with van der Waals surface area (Å²) in [6.45, 7) is 6.79. The molecule has 5 nitrogen and oxygen atoms in total. The second-order valence-corrected chi connectivity index (χ2v) is 5.22. The Kier molecular flexibility index (Phi) is 4.32. The van der Waals surface area contributed by atoms with Crippen LogP contribution in [0.4, 0.5) is 0 Å². The van der Waals surface area contributed by atoms with Crippen LogP contribution in [0, 0.1) is 17.2 Å². The second-order valence-electron chi connectivity index (χ2n) is 5.22. The molecule has 0 amide bonds. The zero-order chi connectivity index (χ0) is 13.0. The third-order valence-corrected chi connectivity index (χ3v) is 3.24. The number of nitrogens with zero attached hydrogens (tertiary/aromatic N) is 4. The highest BCUT2D eigenvalue weighted by atomic mass is 16.5. The summed E-state index contributed by atoms with van der Waals surface area (Å²) < 4.78 is 7.40. The Hall–Kier alpha value is -1.41. The van der Waals surface area contributed by atoms with Gasteiger partial charge in [0.15, 0.2) is 0 Å². The molecule has 0 bridgehead atoms. The third kappa shape index (κ3) is 2.88. The Morgan fingerprint density at radius 2 is 2.17 bits per heavy atom. The highest BCUT2D eigenvalue weighted by Gasteiger charge is 2.24. The largest absolute Gasteiger partial charge is 0.381 e. The maximum absolute atomic E-state index is 8.88. The van der Waals surface area contributed by atoms with Crippen molar-refractivity contribution < 1.29 is 4.74 Å². The van der Waals surface area contributed by atoms with Crippen LogP contribution in [-0.4, -0.2) is 28.2 Å². The molecule has 1 aliphatic heterocycles. The molecule has 2 heterocycles. The van der Waals surface area contributed by atoms with Gasteiger partial charge in [-0.05, 0) is 18.8 Å². The van der Waals surface area contributed by atoms with Crippen LogP contribution >= 0.6 is 0 Å². The zero-order valence-electron chi connectivity index (χ0n) is 11.1. The molecule has 0 N–H and O–H groups in total. The number of aromatic nitrogens is 3. The quantitative estimate of drug-likeness (QED) is 0.816. The van der Waals surface area contributed by atoms with Gasteiger partial charge in [-0.1, -0.05) is 19.1 Å². The number of hydrogen-bond acceptors (Lipinski definition) is 4. The van der Waals surface area contributed by atoms with Crippen molar-refractivity contribution in [2.75, 3.05) is 13.2 Å². The topological polar surface area (TPSA) is 63.7 Å². The van der Waals surface area contributed by atoms with Gasteiger partial charge in [-0.15, -0.1) is 5.10 Å². The first kappa shape index (κ1) is 13.0. The van der Waals surface area contributed by atoms with Crippen molar-refractivity contribution >= 4 is 0 Å². The number of rotatable bonds is 4. The molecule has 0 atom stereocenters. The van der Waals surface area contributed by atoms with E-state index in [1.807, 2.05) is 4.68 Å². The molecule has 98 valence electrons. The van der Waals surface area contributed by atoms with E-state index in [1.165, 1.54) is 0 Å². The minimum Gasteiger partial charge on any atom is -0.381 e. The summed E-state index contributed by atoms with van der Waals surface area (Å²) in [4.78, 5) is 0. The molecule has 0 unspecified atom stereocenters. The van der Waals surface area contributed by atoms with Gasteiger partial charge in [0.25, 0.3) is 0 Å². The van der Waals surface area contributed by atoms with Gasteiger partial charge in [-0.2, -0.15) is 5.26 Å². The summed E-state index contributed by atoms with van der Waals surface area (Å²) in [5.74, 6) is 0.969. The van der Waals surface area contributed by atoms with Crippen LogP contribution in [0.3, 0.4) is 0 Å². The van der Waals surface area contributed by atoms with E-state index in [4.69, 9.17) is 10.00 Å². The molecule has 0 radical (unpaired) electrons. The molecular weight excluding hydrogens is 228 g/mol. The molecular formula is C13H20N4O. The van der Waals surface area contributed by atoms with E-state index in [-0.39, 0.29) is 0 Å². The lowest BCUT2D eigenvalue weighted by Gasteiger charge is -2.23. The lowest BCUT2D eigenvalue weighted by atomic mass is 9.94. The first-order chi connectivity index (χ1) is 8.72. The molecule has 0 aliphatic carbocycles. The van der Waals surface area contributed by atoms with Crippen molar-refractivity contribution in [2.45, 2.75) is 45.6 Å². The molecule has 1 saturated heterocycles. The van der Waals surface area contributed by atoms with Crippen LogP contribution in [0.25, 0.3) is 0 Å². The van der Waals surface area contributed by atoms with Crippen LogP contribution < -0.4 is 0 Å². The van der Waals surface area contributed by atoms with Gasteiger partial charge in [0.1, 0.15) is 5.69 Å². The SMILES string of the molecule is CC(C)Cn1nnc(CC#N)c1C1CCOCC1. The molecule has 5 heteroatoms. The van der Waals surface area contributed by atoms with E-state index in [0.29, 0.717) is 18.3 Å². The van der Waals surface area contributed by atoms with Crippen molar-refractivity contribution in [3.8, 4) is 6.07 Å². The smallest absolute Gasteiger partial charge is 0.100 e.